The van der Waals surface area contributed by atoms with Gasteiger partial charge in [0.25, 0.3) is 5.91 Å². The van der Waals surface area contributed by atoms with Gasteiger partial charge in [0.15, 0.2) is 0 Å². The molecule has 0 aliphatic heterocycles. The van der Waals surface area contributed by atoms with E-state index in [0.29, 0.717) is 0 Å². The van der Waals surface area contributed by atoms with Crippen molar-refractivity contribution in [3.8, 4) is 5.75 Å². The molecular weight excluding hydrogens is 366 g/mol. The summed E-state index contributed by atoms with van der Waals surface area (Å²) in [5.41, 5.74) is 5.02. The predicted octanol–water partition coefficient (Wildman–Crippen LogP) is 2.08. The van der Waals surface area contributed by atoms with E-state index in [1.165, 1.54) is 26.4 Å². The first-order chi connectivity index (χ1) is 12.7. The van der Waals surface area contributed by atoms with Crippen LogP contribution >= 0.6 is 0 Å². The smallest absolute Gasteiger partial charge is 0.255 e. The van der Waals surface area contributed by atoms with Gasteiger partial charge in [-0.1, -0.05) is 35.9 Å². The molecule has 0 heterocycles. The van der Waals surface area contributed by atoms with Crippen LogP contribution < -0.4 is 10.2 Å². The number of benzene rings is 2. The van der Waals surface area contributed by atoms with Crippen LogP contribution in [-0.2, 0) is 14.8 Å². The fraction of sp³-hybridized carbons (Fsp3) is 0.263. The van der Waals surface area contributed by atoms with E-state index in [0.717, 1.165) is 21.0 Å². The largest absolute Gasteiger partial charge is 0.495 e. The zero-order valence-corrected chi connectivity index (χ0v) is 16.6. The van der Waals surface area contributed by atoms with Crippen molar-refractivity contribution < 1.29 is 17.9 Å². The van der Waals surface area contributed by atoms with E-state index >= 15 is 0 Å². The summed E-state index contributed by atoms with van der Waals surface area (Å²) in [7, 11) is -1.15. The molecule has 144 valence electrons. The third-order valence-corrected chi connectivity index (χ3v) is 5.64. The Labute approximate surface area is 159 Å². The van der Waals surface area contributed by atoms with E-state index in [9.17, 15) is 13.2 Å². The van der Waals surface area contributed by atoms with Crippen molar-refractivity contribution in [1.82, 2.24) is 9.73 Å². The van der Waals surface area contributed by atoms with Gasteiger partial charge in [-0.15, -0.1) is 0 Å². The molecule has 0 saturated heterocycles. The Kier molecular flexibility index (Phi) is 6.70. The monoisotopic (exact) mass is 389 g/mol. The third kappa shape index (κ3) is 5.38. The number of hydrogen-bond donors (Lipinski definition) is 1. The number of hydrazone groups is 1. The van der Waals surface area contributed by atoms with E-state index in [4.69, 9.17) is 4.74 Å². The van der Waals surface area contributed by atoms with Gasteiger partial charge in [0.1, 0.15) is 10.6 Å². The Morgan fingerprint density at radius 1 is 1.19 bits per heavy atom. The molecule has 0 spiro atoms. The zero-order valence-electron chi connectivity index (χ0n) is 15.8. The second-order valence-corrected chi connectivity index (χ2v) is 8.14. The minimum Gasteiger partial charge on any atom is -0.495 e. The van der Waals surface area contributed by atoms with E-state index in [1.807, 2.05) is 31.2 Å². The average Bonchev–Trinajstić information content (AvgIpc) is 2.61. The SMILES string of the molecule is COc1ccc(C)cc1S(=O)(=O)N(C)CC(=O)NN=Cc1cccc(C)c1. The maximum Gasteiger partial charge on any atom is 0.255 e. The fourth-order valence-electron chi connectivity index (χ4n) is 2.41. The molecule has 0 aromatic heterocycles. The van der Waals surface area contributed by atoms with Crippen molar-refractivity contribution in [2.75, 3.05) is 20.7 Å². The number of carbonyl (C=O) groups is 1. The predicted molar refractivity (Wildman–Crippen MR) is 104 cm³/mol. The van der Waals surface area contributed by atoms with Crippen LogP contribution in [0.15, 0.2) is 52.5 Å². The molecule has 7 nitrogen and oxygen atoms in total. The molecule has 2 rings (SSSR count). The maximum atomic E-state index is 12.8. The molecule has 8 heteroatoms. The molecule has 0 radical (unpaired) electrons. The van der Waals surface area contributed by atoms with Gasteiger partial charge in [0.05, 0.1) is 19.9 Å². The average molecular weight is 389 g/mol. The van der Waals surface area contributed by atoms with Gasteiger partial charge in [-0.05, 0) is 37.1 Å². The molecule has 0 atom stereocenters. The highest BCUT2D eigenvalue weighted by Crippen LogP contribution is 2.26. The van der Waals surface area contributed by atoms with Gasteiger partial charge in [-0.25, -0.2) is 13.8 Å². The summed E-state index contributed by atoms with van der Waals surface area (Å²) in [5.74, 6) is -0.318. The highest BCUT2D eigenvalue weighted by atomic mass is 32.2. The first-order valence-electron chi connectivity index (χ1n) is 8.23. The van der Waals surface area contributed by atoms with Gasteiger partial charge in [-0.3, -0.25) is 4.79 Å². The van der Waals surface area contributed by atoms with E-state index in [1.54, 1.807) is 19.1 Å². The third-order valence-electron chi connectivity index (χ3n) is 3.82. The number of ether oxygens (including phenoxy) is 1. The summed E-state index contributed by atoms with van der Waals surface area (Å²) < 4.78 is 31.6. The van der Waals surface area contributed by atoms with E-state index < -0.39 is 15.9 Å². The van der Waals surface area contributed by atoms with Crippen LogP contribution in [0.3, 0.4) is 0 Å². The van der Waals surface area contributed by atoms with Crippen LogP contribution in [0.5, 0.6) is 5.75 Å². The number of nitrogens with one attached hydrogen (secondary N) is 1. The molecule has 0 saturated carbocycles. The minimum absolute atomic E-state index is 0.0172. The van der Waals surface area contributed by atoms with Crippen molar-refractivity contribution in [2.24, 2.45) is 5.10 Å². The first kappa shape index (κ1) is 20.6. The maximum absolute atomic E-state index is 12.8. The van der Waals surface area contributed by atoms with E-state index in [2.05, 4.69) is 10.5 Å². The van der Waals surface area contributed by atoms with Gasteiger partial charge < -0.3 is 4.74 Å². The van der Waals surface area contributed by atoms with Crippen LogP contribution in [0.25, 0.3) is 0 Å². The van der Waals surface area contributed by atoms with Crippen LogP contribution in [0.4, 0.5) is 0 Å². The van der Waals surface area contributed by atoms with E-state index in [-0.39, 0.29) is 17.2 Å². The number of aryl methyl sites for hydroxylation is 2. The van der Waals surface area contributed by atoms with Gasteiger partial charge >= 0.3 is 0 Å². The zero-order chi connectivity index (χ0) is 20.0. The topological polar surface area (TPSA) is 88.1 Å². The molecule has 2 aromatic rings. The standard InChI is InChI=1S/C19H23N3O4S/c1-14-6-5-7-16(10-14)12-20-21-19(23)13-22(3)27(24,25)18-11-15(2)8-9-17(18)26-4/h5-12H,13H2,1-4H3,(H,21,23). The van der Waals surface area contributed by atoms with Gasteiger partial charge in [0.2, 0.25) is 10.0 Å². The number of sulfonamides is 1. The van der Waals surface area contributed by atoms with Crippen LogP contribution in [-0.4, -0.2) is 45.5 Å². The number of carbonyl (C=O) groups excluding carboxylic acids is 1. The summed E-state index contributed by atoms with van der Waals surface area (Å²) in [6.07, 6.45) is 1.50. The highest BCUT2D eigenvalue weighted by Gasteiger charge is 2.26. The lowest BCUT2D eigenvalue weighted by molar-refractivity contribution is -0.121. The summed E-state index contributed by atoms with van der Waals surface area (Å²) >= 11 is 0. The van der Waals surface area contributed by atoms with Gasteiger partial charge in [-0.2, -0.15) is 9.41 Å². The second-order valence-electron chi connectivity index (χ2n) is 6.12. The Morgan fingerprint density at radius 3 is 2.56 bits per heavy atom. The number of nitrogens with zero attached hydrogens (tertiary/aromatic N) is 2. The van der Waals surface area contributed by atoms with Crippen LogP contribution in [0.1, 0.15) is 16.7 Å². The Morgan fingerprint density at radius 2 is 1.89 bits per heavy atom. The van der Waals surface area contributed by atoms with Crippen LogP contribution in [0.2, 0.25) is 0 Å². The number of rotatable bonds is 7. The minimum atomic E-state index is -3.89. The molecule has 27 heavy (non-hydrogen) atoms. The van der Waals surface area contributed by atoms with Crippen molar-refractivity contribution in [2.45, 2.75) is 18.7 Å². The first-order valence-corrected chi connectivity index (χ1v) is 9.67. The number of likely N-dealkylation sites (N-methyl/N-ethyl adjacent to an activating group) is 1. The van der Waals surface area contributed by atoms with Crippen molar-refractivity contribution >= 4 is 22.1 Å². The molecule has 0 bridgehead atoms. The number of methoxy groups -OCH3 is 1. The molecule has 1 amide bonds. The molecule has 1 N–H and O–H groups in total. The lowest BCUT2D eigenvalue weighted by atomic mass is 10.2. The fourth-order valence-corrected chi connectivity index (χ4v) is 3.77. The summed E-state index contributed by atoms with van der Waals surface area (Å²) in [6.45, 7) is 3.37. The van der Waals surface area contributed by atoms with Crippen LogP contribution in [0, 0.1) is 13.8 Å². The Hall–Kier alpha value is -2.71. The van der Waals surface area contributed by atoms with Crippen molar-refractivity contribution in [3.63, 3.8) is 0 Å². The number of hydrogen-bond acceptors (Lipinski definition) is 5. The quantitative estimate of drug-likeness (QED) is 0.580. The Bertz CT molecular complexity index is 955. The molecule has 0 unspecified atom stereocenters. The normalized spacial score (nSPS) is 11.7. The van der Waals surface area contributed by atoms with Crippen molar-refractivity contribution in [1.29, 1.82) is 0 Å². The summed E-state index contributed by atoms with van der Waals surface area (Å²) in [6, 6.07) is 12.5. The molecule has 0 fully saturated rings. The lowest BCUT2D eigenvalue weighted by Gasteiger charge is -2.18. The molecule has 0 aliphatic carbocycles. The summed E-state index contributed by atoms with van der Waals surface area (Å²) in [4.78, 5) is 12.1. The van der Waals surface area contributed by atoms with Gasteiger partial charge in [0, 0.05) is 7.05 Å². The highest BCUT2D eigenvalue weighted by molar-refractivity contribution is 7.89. The number of amides is 1. The molecule has 0 aliphatic rings. The second kappa shape index (κ2) is 8.79. The molecule has 2 aromatic carbocycles. The lowest BCUT2D eigenvalue weighted by Crippen LogP contribution is -2.36. The summed E-state index contributed by atoms with van der Waals surface area (Å²) in [5, 5.41) is 3.87. The van der Waals surface area contributed by atoms with Crippen molar-refractivity contribution in [3.05, 3.63) is 59.2 Å². The Balaban J connectivity index is 2.06. The molecular formula is C19H23N3O4S.